The van der Waals surface area contributed by atoms with Gasteiger partial charge in [0.2, 0.25) is 16.5 Å². The minimum atomic E-state index is -3.22. The molecule has 15 rings (SSSR count). The third-order valence-corrected chi connectivity index (χ3v) is 19.6. The van der Waals surface area contributed by atoms with Crippen LogP contribution in [0.2, 0.25) is 15.7 Å². The van der Waals surface area contributed by atoms with Gasteiger partial charge in [0.15, 0.2) is 0 Å². The molecule has 3 aliphatic carbocycles. The number of hydrogen-bond donors (Lipinski definition) is 9. The SMILES string of the molecule is Clc1nc(Cl)c2ccccc2n1.Clc1nc(NC2CCCC2)c2ccccc2n1.NC1CCCC1.NCc1ccccc1Sc1ccccc1CO.O=P(Cl)(Cl)Cl.O=c1[nH]c(=O)c2ccccc2[nH]1.OCc1ccccc1Sc1ccccc1CNc1nc(NC2CCCC2)c2ccccc2n1. The molecule has 0 aliphatic heterocycles. The predicted molar refractivity (Wildman–Crippen MR) is 423 cm³/mol. The number of nitrogens with one attached hydrogen (secondary N) is 5. The van der Waals surface area contributed by atoms with Crippen LogP contribution < -0.4 is 38.7 Å². The van der Waals surface area contributed by atoms with Crippen LogP contribution in [0, 0.1) is 0 Å². The lowest BCUT2D eigenvalue weighted by molar-refractivity contribution is 0.278. The number of halogens is 6. The molecule has 532 valence electrons. The van der Waals surface area contributed by atoms with Gasteiger partial charge in [-0.2, -0.15) is 4.98 Å². The number of aliphatic hydroxyl groups excluding tert-OH is 2. The van der Waals surface area contributed by atoms with Gasteiger partial charge in [-0.25, -0.2) is 29.7 Å². The number of benzene rings is 8. The van der Waals surface area contributed by atoms with Crippen LogP contribution in [0.3, 0.4) is 0 Å². The van der Waals surface area contributed by atoms with Gasteiger partial charge in [0.05, 0.1) is 40.7 Å². The molecule has 0 saturated heterocycles. The molecule has 0 spiro atoms. The number of aliphatic hydroxyl groups is 2. The number of aromatic amines is 2. The number of H-pyrrole nitrogens is 2. The van der Waals surface area contributed by atoms with Crippen molar-refractivity contribution < 1.29 is 14.8 Å². The van der Waals surface area contributed by atoms with E-state index in [2.05, 4.69) is 104 Å². The van der Waals surface area contributed by atoms with Gasteiger partial charge in [-0.1, -0.05) is 195 Å². The van der Waals surface area contributed by atoms with Crippen molar-refractivity contribution >= 4 is 158 Å². The molecule has 0 bridgehead atoms. The van der Waals surface area contributed by atoms with Crippen LogP contribution in [0.1, 0.15) is 99.3 Å². The van der Waals surface area contributed by atoms with Crippen molar-refractivity contribution in [3.05, 3.63) is 253 Å². The van der Waals surface area contributed by atoms with E-state index in [1.165, 1.54) is 77.0 Å². The molecule has 11 N–H and O–H groups in total. The number of rotatable bonds is 14. The van der Waals surface area contributed by atoms with Crippen molar-refractivity contribution in [2.24, 2.45) is 11.5 Å². The molecular formula is C75H78Cl6N13O5PS2. The summed E-state index contributed by atoms with van der Waals surface area (Å²) in [6, 6.07) is 64.3. The molecule has 12 aromatic rings. The Morgan fingerprint density at radius 1 is 0.461 bits per heavy atom. The molecule has 0 atom stereocenters. The van der Waals surface area contributed by atoms with Crippen molar-refractivity contribution in [1.82, 2.24) is 39.9 Å². The lowest BCUT2D eigenvalue weighted by Gasteiger charge is -2.16. The van der Waals surface area contributed by atoms with Gasteiger partial charge in [0.25, 0.3) is 5.56 Å². The van der Waals surface area contributed by atoms with E-state index >= 15 is 0 Å². The number of nitrogens with two attached hydrogens (primary N) is 2. The number of hydrogen-bond acceptors (Lipinski definition) is 18. The Hall–Kier alpha value is -7.37. The lowest BCUT2D eigenvalue weighted by Crippen LogP contribution is -2.21. The Kier molecular flexibility index (Phi) is 31.4. The van der Waals surface area contributed by atoms with E-state index in [4.69, 9.17) is 56.2 Å². The summed E-state index contributed by atoms with van der Waals surface area (Å²) in [5.74, 6) is 2.41. The first-order chi connectivity index (χ1) is 49.4. The first-order valence-corrected chi connectivity index (χ1v) is 40.4. The maximum Gasteiger partial charge on any atom is 0.339 e. The lowest BCUT2D eigenvalue weighted by atomic mass is 10.2. The summed E-state index contributed by atoms with van der Waals surface area (Å²) in [5.41, 5.74) is 17.8. The standard InChI is InChI=1S/C27H28N4OS.C14H15NOS.C13H14ClN3.C8H4Cl2N2.C8H6N2O2.C5H11N.Cl3OP/c32-18-20-10-2-8-16-25(20)33-24-15-7-1-9-19(24)17-28-27-30-23-14-6-5-13-22(23)26(31-27)29-21-11-3-4-12-21;15-9-11-5-1-3-7-13(11)17-14-8-4-2-6-12(14)10-16;14-13-16-11-8-4-3-7-10(11)12(17-13)15-9-5-1-2-6-9;9-7-5-3-1-2-4-6(5)11-8(10)12-7;11-7-5-3-1-2-4-6(5)9-8(12)10-7;6-5-3-1-2-4-5;1-5(2,3)4/h1-2,5-10,13-16,21,32H,3-4,11-12,17-18H2,(H2,28,29,30,31);1-8,16H,9-10,15H2;3-4,7-9H,1-2,5-6H2,(H,15,16,17);1-4H;1-4H,(H2,9,10,11,12);5H,1-4,6H2;. The second kappa shape index (κ2) is 40.6. The number of para-hydroxylation sites is 4. The number of fused-ring (bicyclic) bond motifs is 4. The highest BCUT2D eigenvalue weighted by Crippen LogP contribution is 2.61. The smallest absolute Gasteiger partial charge is 0.339 e. The second-order valence-electron chi connectivity index (χ2n) is 23.7. The molecule has 4 heterocycles. The van der Waals surface area contributed by atoms with E-state index in [1.807, 2.05) is 146 Å². The zero-order chi connectivity index (χ0) is 72.2. The monoisotopic (exact) mass is 1550 g/mol. The Labute approximate surface area is 629 Å². The van der Waals surface area contributed by atoms with Crippen LogP contribution in [0.4, 0.5) is 17.6 Å². The minimum absolute atomic E-state index is 0.0330. The Bertz CT molecular complexity index is 4800. The van der Waals surface area contributed by atoms with Crippen molar-refractivity contribution in [1.29, 1.82) is 0 Å². The number of aromatic nitrogens is 8. The summed E-state index contributed by atoms with van der Waals surface area (Å²) in [7, 11) is 0. The normalized spacial score (nSPS) is 13.5. The number of nitrogens with zero attached hydrogens (tertiary/aromatic N) is 6. The Morgan fingerprint density at radius 3 is 1.33 bits per heavy atom. The molecule has 0 radical (unpaired) electrons. The third-order valence-electron chi connectivity index (χ3n) is 16.5. The molecule has 27 heteroatoms. The van der Waals surface area contributed by atoms with Crippen molar-refractivity contribution in [2.45, 2.75) is 141 Å². The summed E-state index contributed by atoms with van der Waals surface area (Å²) in [5, 5.41) is 30.7. The van der Waals surface area contributed by atoms with Gasteiger partial charge < -0.3 is 42.6 Å². The highest BCUT2D eigenvalue weighted by atomic mass is 36.0. The van der Waals surface area contributed by atoms with Crippen LogP contribution in [0.25, 0.3) is 43.6 Å². The Morgan fingerprint density at radius 2 is 0.843 bits per heavy atom. The molecule has 0 unspecified atom stereocenters. The van der Waals surface area contributed by atoms with E-state index in [-0.39, 0.29) is 24.1 Å². The summed E-state index contributed by atoms with van der Waals surface area (Å²) >= 11 is 34.6. The van der Waals surface area contributed by atoms with Crippen LogP contribution in [-0.2, 0) is 30.9 Å². The molecule has 0 amide bonds. The predicted octanol–water partition coefficient (Wildman–Crippen LogP) is 19.5. The Balaban J connectivity index is 0.000000150. The fourth-order valence-corrected chi connectivity index (χ4v) is 14.2. The van der Waals surface area contributed by atoms with E-state index < -0.39 is 10.9 Å². The molecule has 102 heavy (non-hydrogen) atoms. The maximum atomic E-state index is 11.1. The van der Waals surface area contributed by atoms with E-state index in [9.17, 15) is 24.4 Å². The van der Waals surface area contributed by atoms with Gasteiger partial charge in [-0.05, 0) is 190 Å². The van der Waals surface area contributed by atoms with E-state index in [1.54, 1.807) is 47.8 Å². The summed E-state index contributed by atoms with van der Waals surface area (Å²) in [4.78, 5) is 57.0. The maximum absolute atomic E-state index is 11.1. The molecule has 18 nitrogen and oxygen atoms in total. The molecule has 3 saturated carbocycles. The first kappa shape index (κ1) is 78.8. The summed E-state index contributed by atoms with van der Waals surface area (Å²) in [6.45, 7) is 1.25. The zero-order valence-corrected chi connectivity index (χ0v) is 62.6. The molecule has 8 aromatic carbocycles. The van der Waals surface area contributed by atoms with Crippen molar-refractivity contribution in [3.63, 3.8) is 0 Å². The summed E-state index contributed by atoms with van der Waals surface area (Å²) < 4.78 is 9.51. The van der Waals surface area contributed by atoms with Gasteiger partial charge in [-0.15, -0.1) is 0 Å². The topological polar surface area (TPSA) is 289 Å². The quantitative estimate of drug-likeness (QED) is 0.0278. The van der Waals surface area contributed by atoms with Gasteiger partial charge in [0, 0.05) is 67.0 Å². The largest absolute Gasteiger partial charge is 0.392 e. The highest BCUT2D eigenvalue weighted by Gasteiger charge is 2.20. The van der Waals surface area contributed by atoms with Crippen molar-refractivity contribution in [3.8, 4) is 0 Å². The van der Waals surface area contributed by atoms with Crippen LogP contribution >= 0.6 is 97.2 Å². The average Bonchev–Trinajstić information content (AvgIpc) is 1.26. The fraction of sp³-hybridized carbons (Fsp3) is 0.253. The zero-order valence-electron chi connectivity index (χ0n) is 55.5. The van der Waals surface area contributed by atoms with Crippen LogP contribution in [0.15, 0.2) is 223 Å². The first-order valence-electron chi connectivity index (χ1n) is 33.2. The molecule has 3 fully saturated rings. The molecular weight excluding hydrogens is 1470 g/mol. The molecule has 4 aromatic heterocycles. The second-order valence-corrected chi connectivity index (χ2v) is 33.6. The van der Waals surface area contributed by atoms with Crippen molar-refractivity contribution in [2.75, 3.05) is 16.0 Å². The van der Waals surface area contributed by atoms with Gasteiger partial charge in [0.1, 0.15) is 16.8 Å². The van der Waals surface area contributed by atoms with Crippen LogP contribution in [-0.4, -0.2) is 68.2 Å². The highest BCUT2D eigenvalue weighted by molar-refractivity contribution is 8.24. The number of anilines is 3. The minimum Gasteiger partial charge on any atom is -0.392 e. The van der Waals surface area contributed by atoms with E-state index in [0.717, 1.165) is 86.2 Å². The van der Waals surface area contributed by atoms with E-state index in [0.29, 0.717) is 58.5 Å². The van der Waals surface area contributed by atoms with Crippen LogP contribution in [0.5, 0.6) is 0 Å². The van der Waals surface area contributed by atoms with Gasteiger partial charge in [-0.3, -0.25) is 14.3 Å². The fourth-order valence-electron chi connectivity index (χ4n) is 11.4. The third kappa shape index (κ3) is 24.9. The molecule has 3 aliphatic rings. The average molecular weight is 1550 g/mol. The van der Waals surface area contributed by atoms with Gasteiger partial charge >= 0.3 is 10.9 Å². The summed E-state index contributed by atoms with van der Waals surface area (Å²) in [6.07, 6.45) is 15.2.